The highest BCUT2D eigenvalue weighted by molar-refractivity contribution is 7.99. The summed E-state index contributed by atoms with van der Waals surface area (Å²) in [6.07, 6.45) is 0.489. The molecular weight excluding hydrogens is 303 g/mol. The number of thioether (sulfide) groups is 1. The zero-order valence-corrected chi connectivity index (χ0v) is 13.5. The van der Waals surface area contributed by atoms with Gasteiger partial charge in [0, 0.05) is 34.2 Å². The van der Waals surface area contributed by atoms with Crippen LogP contribution in [0.15, 0.2) is 29.2 Å². The molecule has 0 bridgehead atoms. The Balaban J connectivity index is 0.00000324. The second kappa shape index (κ2) is 8.69. The molecular formula is C13H20Cl2N2OS. The molecule has 0 aliphatic rings. The minimum atomic E-state index is -0.362. The van der Waals surface area contributed by atoms with Crippen molar-refractivity contribution in [2.45, 2.75) is 30.7 Å². The van der Waals surface area contributed by atoms with Gasteiger partial charge in [-0.2, -0.15) is 0 Å². The normalized spacial score (nSPS) is 10.7. The predicted octanol–water partition coefficient (Wildman–Crippen LogP) is 3.10. The molecule has 0 saturated carbocycles. The van der Waals surface area contributed by atoms with E-state index in [0.29, 0.717) is 13.0 Å². The van der Waals surface area contributed by atoms with Gasteiger partial charge in [-0.1, -0.05) is 11.6 Å². The second-order valence-corrected chi connectivity index (χ2v) is 6.42. The van der Waals surface area contributed by atoms with Gasteiger partial charge < -0.3 is 11.1 Å². The molecule has 3 nitrogen and oxygen atoms in total. The molecule has 0 saturated heterocycles. The van der Waals surface area contributed by atoms with Crippen LogP contribution in [0, 0.1) is 0 Å². The first-order chi connectivity index (χ1) is 8.37. The van der Waals surface area contributed by atoms with Gasteiger partial charge in [0.1, 0.15) is 0 Å². The van der Waals surface area contributed by atoms with Crippen molar-refractivity contribution >= 4 is 41.7 Å². The molecule has 19 heavy (non-hydrogen) atoms. The van der Waals surface area contributed by atoms with Crippen molar-refractivity contribution in [3.8, 4) is 0 Å². The molecule has 3 N–H and O–H groups in total. The molecule has 0 fully saturated rings. The maximum absolute atomic E-state index is 11.5. The minimum Gasteiger partial charge on any atom is -0.354 e. The lowest BCUT2D eigenvalue weighted by Gasteiger charge is -2.18. The number of nitrogens with one attached hydrogen (secondary N) is 1. The highest BCUT2D eigenvalue weighted by atomic mass is 35.5. The Labute approximate surface area is 130 Å². The Morgan fingerprint density at radius 3 is 2.47 bits per heavy atom. The Morgan fingerprint density at radius 1 is 1.37 bits per heavy atom. The Kier molecular flexibility index (Phi) is 8.50. The van der Waals surface area contributed by atoms with E-state index >= 15 is 0 Å². The van der Waals surface area contributed by atoms with Crippen LogP contribution < -0.4 is 11.1 Å². The van der Waals surface area contributed by atoms with Gasteiger partial charge in [0.05, 0.1) is 0 Å². The van der Waals surface area contributed by atoms with Crippen molar-refractivity contribution in [1.29, 1.82) is 0 Å². The van der Waals surface area contributed by atoms with Crippen molar-refractivity contribution in [3.63, 3.8) is 0 Å². The van der Waals surface area contributed by atoms with Crippen LogP contribution >= 0.6 is 35.8 Å². The van der Waals surface area contributed by atoms with E-state index in [-0.39, 0.29) is 23.9 Å². The molecule has 108 valence electrons. The van der Waals surface area contributed by atoms with Gasteiger partial charge in [0.25, 0.3) is 0 Å². The first-order valence-electron chi connectivity index (χ1n) is 5.81. The van der Waals surface area contributed by atoms with Gasteiger partial charge in [-0.3, -0.25) is 4.79 Å². The second-order valence-electron chi connectivity index (χ2n) is 4.82. The van der Waals surface area contributed by atoms with E-state index in [2.05, 4.69) is 5.32 Å². The zero-order chi connectivity index (χ0) is 13.6. The average Bonchev–Trinajstić information content (AvgIpc) is 2.28. The van der Waals surface area contributed by atoms with Crippen LogP contribution in [-0.2, 0) is 4.79 Å². The number of nitrogens with two attached hydrogens (primary N) is 1. The molecule has 0 aliphatic heterocycles. The summed E-state index contributed by atoms with van der Waals surface area (Å²) in [5.74, 6) is 0.786. The van der Waals surface area contributed by atoms with Crippen molar-refractivity contribution in [2.24, 2.45) is 5.73 Å². The highest BCUT2D eigenvalue weighted by Gasteiger charge is 2.11. The standard InChI is InChI=1S/C13H19ClN2OS.ClH/c1-13(2,15)9-16-12(17)7-8-18-11-5-3-10(14)4-6-11;/h3-6H,7-9,15H2,1-2H3,(H,16,17);1H. The molecule has 0 atom stereocenters. The molecule has 0 aromatic heterocycles. The molecule has 1 aromatic rings. The summed E-state index contributed by atoms with van der Waals surface area (Å²) >= 11 is 7.43. The molecule has 0 aliphatic carbocycles. The smallest absolute Gasteiger partial charge is 0.220 e. The number of carbonyl (C=O) groups excluding carboxylic acids is 1. The molecule has 6 heteroatoms. The third kappa shape index (κ3) is 9.16. The van der Waals surface area contributed by atoms with Crippen LogP contribution in [0.3, 0.4) is 0 Å². The summed E-state index contributed by atoms with van der Waals surface area (Å²) in [7, 11) is 0. The van der Waals surface area contributed by atoms with E-state index in [0.717, 1.165) is 15.7 Å². The van der Waals surface area contributed by atoms with Gasteiger partial charge in [-0.25, -0.2) is 0 Å². The number of carbonyl (C=O) groups is 1. The quantitative estimate of drug-likeness (QED) is 0.791. The molecule has 0 radical (unpaired) electrons. The maximum atomic E-state index is 11.5. The Morgan fingerprint density at radius 2 is 1.95 bits per heavy atom. The van der Waals surface area contributed by atoms with Gasteiger partial charge in [-0.15, -0.1) is 24.2 Å². The van der Waals surface area contributed by atoms with E-state index < -0.39 is 0 Å². The first-order valence-corrected chi connectivity index (χ1v) is 7.17. The van der Waals surface area contributed by atoms with Crippen molar-refractivity contribution in [2.75, 3.05) is 12.3 Å². The molecule has 1 aromatic carbocycles. The molecule has 0 spiro atoms. The number of benzene rings is 1. The fourth-order valence-corrected chi connectivity index (χ4v) is 2.18. The maximum Gasteiger partial charge on any atom is 0.220 e. The SMILES string of the molecule is CC(C)(N)CNC(=O)CCSc1ccc(Cl)cc1.Cl. The summed E-state index contributed by atoms with van der Waals surface area (Å²) in [5, 5.41) is 3.54. The lowest BCUT2D eigenvalue weighted by molar-refractivity contribution is -0.120. The summed E-state index contributed by atoms with van der Waals surface area (Å²) in [6.45, 7) is 4.27. The zero-order valence-electron chi connectivity index (χ0n) is 11.1. The highest BCUT2D eigenvalue weighted by Crippen LogP contribution is 2.20. The van der Waals surface area contributed by atoms with Crippen molar-refractivity contribution in [1.82, 2.24) is 5.32 Å². The van der Waals surface area contributed by atoms with Gasteiger partial charge in [-0.05, 0) is 38.1 Å². The molecule has 1 amide bonds. The van der Waals surface area contributed by atoms with E-state index in [1.54, 1.807) is 11.8 Å². The fraction of sp³-hybridized carbons (Fsp3) is 0.462. The lowest BCUT2D eigenvalue weighted by Crippen LogP contribution is -2.45. The Hall–Kier alpha value is -0.420. The lowest BCUT2D eigenvalue weighted by atomic mass is 10.1. The average molecular weight is 323 g/mol. The monoisotopic (exact) mass is 322 g/mol. The summed E-state index contributed by atoms with van der Waals surface area (Å²) in [4.78, 5) is 12.6. The number of hydrogen-bond donors (Lipinski definition) is 2. The number of hydrogen-bond acceptors (Lipinski definition) is 3. The largest absolute Gasteiger partial charge is 0.354 e. The summed E-state index contributed by atoms with van der Waals surface area (Å²) in [6, 6.07) is 7.60. The van der Waals surface area contributed by atoms with E-state index in [1.165, 1.54) is 0 Å². The molecule has 0 unspecified atom stereocenters. The van der Waals surface area contributed by atoms with Gasteiger partial charge in [0.15, 0.2) is 0 Å². The number of halogens is 2. The van der Waals surface area contributed by atoms with Crippen LogP contribution in [-0.4, -0.2) is 23.7 Å². The third-order valence-corrected chi connectivity index (χ3v) is 3.42. The van der Waals surface area contributed by atoms with E-state index in [9.17, 15) is 4.79 Å². The van der Waals surface area contributed by atoms with E-state index in [1.807, 2.05) is 38.1 Å². The predicted molar refractivity (Wildman–Crippen MR) is 85.3 cm³/mol. The fourth-order valence-electron chi connectivity index (χ4n) is 1.21. The first kappa shape index (κ1) is 18.6. The number of rotatable bonds is 6. The van der Waals surface area contributed by atoms with Crippen LogP contribution in [0.4, 0.5) is 0 Å². The summed E-state index contributed by atoms with van der Waals surface area (Å²) < 4.78 is 0. The molecule has 1 rings (SSSR count). The molecule has 0 heterocycles. The van der Waals surface area contributed by atoms with Crippen molar-refractivity contribution < 1.29 is 4.79 Å². The summed E-state index contributed by atoms with van der Waals surface area (Å²) in [5.41, 5.74) is 5.42. The van der Waals surface area contributed by atoms with E-state index in [4.69, 9.17) is 17.3 Å². The van der Waals surface area contributed by atoms with Crippen LogP contribution in [0.5, 0.6) is 0 Å². The topological polar surface area (TPSA) is 55.1 Å². The van der Waals surface area contributed by atoms with Gasteiger partial charge >= 0.3 is 0 Å². The van der Waals surface area contributed by atoms with Crippen LogP contribution in [0.1, 0.15) is 20.3 Å². The van der Waals surface area contributed by atoms with Gasteiger partial charge in [0.2, 0.25) is 5.91 Å². The van der Waals surface area contributed by atoms with Crippen molar-refractivity contribution in [3.05, 3.63) is 29.3 Å². The van der Waals surface area contributed by atoms with Crippen LogP contribution in [0.25, 0.3) is 0 Å². The minimum absolute atomic E-state index is 0. The Bertz CT molecular complexity index is 391. The van der Waals surface area contributed by atoms with Crippen LogP contribution in [0.2, 0.25) is 5.02 Å². The number of amides is 1. The third-order valence-electron chi connectivity index (χ3n) is 2.15.